The van der Waals surface area contributed by atoms with Gasteiger partial charge in [-0.15, -0.1) is 0 Å². The monoisotopic (exact) mass is 550 g/mol. The third-order valence-electron chi connectivity index (χ3n) is 7.20. The summed E-state index contributed by atoms with van der Waals surface area (Å²) >= 11 is 1.96. The van der Waals surface area contributed by atoms with E-state index < -0.39 is 0 Å². The number of hydrogen-bond acceptors (Lipinski definition) is 7. The standard InChI is InChI=1S/C31H42N4O3S/c1-2-3-4-5-6-7-18-38-30(36)24-34-15-14-26-12-13-29(21-28(26)23-34)33-31(37)27-10-8-25(9-11-27)22-32-35-16-19-39-20-17-35/h8-13,21-22H,2-7,14-20,23-24H2,1H3,(H,33,37). The maximum atomic E-state index is 12.9. The first-order valence-corrected chi connectivity index (χ1v) is 15.5. The summed E-state index contributed by atoms with van der Waals surface area (Å²) in [6, 6.07) is 13.6. The highest BCUT2D eigenvalue weighted by atomic mass is 32.2. The van der Waals surface area contributed by atoms with Gasteiger partial charge < -0.3 is 10.1 Å². The molecule has 7 nitrogen and oxygen atoms in total. The topological polar surface area (TPSA) is 74.2 Å². The van der Waals surface area contributed by atoms with Gasteiger partial charge in [0, 0.05) is 48.9 Å². The fourth-order valence-corrected chi connectivity index (χ4v) is 5.75. The molecule has 2 heterocycles. The van der Waals surface area contributed by atoms with Gasteiger partial charge in [0.25, 0.3) is 5.91 Å². The Morgan fingerprint density at radius 1 is 0.974 bits per heavy atom. The molecule has 0 atom stereocenters. The molecule has 0 aliphatic carbocycles. The number of thioether (sulfide) groups is 1. The number of nitrogens with zero attached hydrogens (tertiary/aromatic N) is 3. The van der Waals surface area contributed by atoms with Crippen LogP contribution in [0.2, 0.25) is 0 Å². The molecule has 0 radical (unpaired) electrons. The highest BCUT2D eigenvalue weighted by Crippen LogP contribution is 2.23. The first-order valence-electron chi connectivity index (χ1n) is 14.4. The number of nitrogens with one attached hydrogen (secondary N) is 1. The summed E-state index contributed by atoms with van der Waals surface area (Å²) in [6.45, 7) is 6.48. The number of esters is 1. The van der Waals surface area contributed by atoms with Gasteiger partial charge >= 0.3 is 5.97 Å². The van der Waals surface area contributed by atoms with E-state index >= 15 is 0 Å². The molecule has 4 rings (SSSR count). The number of amides is 1. The molecule has 2 aliphatic heterocycles. The number of hydrazone groups is 1. The minimum absolute atomic E-state index is 0.141. The van der Waals surface area contributed by atoms with Crippen LogP contribution in [-0.2, 0) is 22.5 Å². The van der Waals surface area contributed by atoms with Crippen molar-refractivity contribution in [1.82, 2.24) is 9.91 Å². The average molecular weight is 551 g/mol. The van der Waals surface area contributed by atoms with Crippen LogP contribution in [0.3, 0.4) is 0 Å². The third-order valence-corrected chi connectivity index (χ3v) is 8.14. The molecule has 0 saturated carbocycles. The maximum absolute atomic E-state index is 12.9. The number of carbonyl (C=O) groups excluding carboxylic acids is 2. The molecule has 1 amide bonds. The van der Waals surface area contributed by atoms with Gasteiger partial charge in [0.05, 0.1) is 19.4 Å². The van der Waals surface area contributed by atoms with Gasteiger partial charge in [-0.3, -0.25) is 19.5 Å². The smallest absolute Gasteiger partial charge is 0.320 e. The van der Waals surface area contributed by atoms with Crippen LogP contribution in [-0.4, -0.2) is 72.3 Å². The summed E-state index contributed by atoms with van der Waals surface area (Å²) in [4.78, 5) is 27.3. The zero-order valence-corrected chi connectivity index (χ0v) is 24.0. The lowest BCUT2D eigenvalue weighted by Gasteiger charge is -2.28. The van der Waals surface area contributed by atoms with E-state index in [2.05, 4.69) is 33.3 Å². The first kappa shape index (κ1) is 29.2. The molecule has 8 heteroatoms. The molecule has 2 aromatic carbocycles. The summed E-state index contributed by atoms with van der Waals surface area (Å²) in [5, 5.41) is 9.67. The molecule has 39 heavy (non-hydrogen) atoms. The van der Waals surface area contributed by atoms with Crippen LogP contribution >= 0.6 is 11.8 Å². The Bertz CT molecular complexity index is 1100. The summed E-state index contributed by atoms with van der Waals surface area (Å²) in [7, 11) is 0. The molecule has 2 aromatic rings. The molecule has 0 unspecified atom stereocenters. The van der Waals surface area contributed by atoms with E-state index in [1.54, 1.807) is 0 Å². The predicted molar refractivity (Wildman–Crippen MR) is 161 cm³/mol. The Morgan fingerprint density at radius 2 is 1.74 bits per heavy atom. The van der Waals surface area contributed by atoms with Crippen molar-refractivity contribution in [2.45, 2.75) is 58.4 Å². The van der Waals surface area contributed by atoms with Crippen molar-refractivity contribution in [2.24, 2.45) is 5.10 Å². The zero-order chi connectivity index (χ0) is 27.3. The highest BCUT2D eigenvalue weighted by Gasteiger charge is 2.20. The van der Waals surface area contributed by atoms with E-state index in [1.165, 1.54) is 31.2 Å². The van der Waals surface area contributed by atoms with Crippen molar-refractivity contribution in [3.8, 4) is 0 Å². The van der Waals surface area contributed by atoms with Gasteiger partial charge in [0.1, 0.15) is 0 Å². The largest absolute Gasteiger partial charge is 0.465 e. The predicted octanol–water partition coefficient (Wildman–Crippen LogP) is 5.58. The van der Waals surface area contributed by atoms with Gasteiger partial charge in [0.15, 0.2) is 0 Å². The van der Waals surface area contributed by atoms with E-state index in [0.717, 1.165) is 67.2 Å². The SMILES string of the molecule is CCCCCCCCOC(=O)CN1CCc2ccc(NC(=O)c3ccc(C=NN4CCSCC4)cc3)cc2C1. The summed E-state index contributed by atoms with van der Waals surface area (Å²) in [6.07, 6.45) is 9.80. The molecule has 210 valence electrons. The number of unbranched alkanes of at least 4 members (excludes halogenated alkanes) is 5. The number of carbonyl (C=O) groups is 2. The number of anilines is 1. The highest BCUT2D eigenvalue weighted by molar-refractivity contribution is 7.99. The normalized spacial score (nSPS) is 15.8. The fourth-order valence-electron chi connectivity index (χ4n) is 4.87. The van der Waals surface area contributed by atoms with Crippen molar-refractivity contribution in [3.05, 3.63) is 64.7 Å². The second kappa shape index (κ2) is 15.7. The van der Waals surface area contributed by atoms with E-state index in [0.29, 0.717) is 25.3 Å². The Morgan fingerprint density at radius 3 is 2.54 bits per heavy atom. The van der Waals surface area contributed by atoms with Crippen LogP contribution in [0.25, 0.3) is 0 Å². The van der Waals surface area contributed by atoms with E-state index in [9.17, 15) is 9.59 Å². The number of ether oxygens (including phenoxy) is 1. The number of fused-ring (bicyclic) bond motifs is 1. The average Bonchev–Trinajstić information content (AvgIpc) is 2.96. The van der Waals surface area contributed by atoms with Gasteiger partial charge in [-0.1, -0.05) is 57.2 Å². The van der Waals surface area contributed by atoms with E-state index in [1.807, 2.05) is 54.4 Å². The quantitative estimate of drug-likeness (QED) is 0.199. The number of rotatable bonds is 13. The van der Waals surface area contributed by atoms with E-state index in [4.69, 9.17) is 4.74 Å². The van der Waals surface area contributed by atoms with Crippen LogP contribution in [0.1, 0.15) is 72.5 Å². The Kier molecular flexibility index (Phi) is 11.7. The Labute approximate surface area is 237 Å². The van der Waals surface area contributed by atoms with E-state index in [-0.39, 0.29) is 11.9 Å². The Balaban J connectivity index is 1.23. The fraction of sp³-hybridized carbons (Fsp3) is 0.516. The molecule has 1 saturated heterocycles. The Hall–Kier alpha value is -2.84. The number of hydrogen-bond donors (Lipinski definition) is 1. The molecule has 2 aliphatic rings. The second-order valence-electron chi connectivity index (χ2n) is 10.3. The zero-order valence-electron chi connectivity index (χ0n) is 23.2. The van der Waals surface area contributed by atoms with Crippen LogP contribution < -0.4 is 5.32 Å². The summed E-state index contributed by atoms with van der Waals surface area (Å²) in [5.74, 6) is 1.93. The van der Waals surface area contributed by atoms with Gasteiger partial charge in [-0.25, -0.2) is 0 Å². The van der Waals surface area contributed by atoms with Crippen LogP contribution in [0.5, 0.6) is 0 Å². The van der Waals surface area contributed by atoms with Crippen molar-refractivity contribution in [1.29, 1.82) is 0 Å². The van der Waals surface area contributed by atoms with Crippen LogP contribution in [0.15, 0.2) is 47.6 Å². The van der Waals surface area contributed by atoms with Gasteiger partial charge in [-0.2, -0.15) is 16.9 Å². The van der Waals surface area contributed by atoms with Crippen molar-refractivity contribution in [2.75, 3.05) is 49.6 Å². The van der Waals surface area contributed by atoms with Gasteiger partial charge in [-0.05, 0) is 53.8 Å². The van der Waals surface area contributed by atoms with Crippen molar-refractivity contribution in [3.63, 3.8) is 0 Å². The molecule has 0 aromatic heterocycles. The molecule has 0 spiro atoms. The van der Waals surface area contributed by atoms with Crippen LogP contribution in [0, 0.1) is 0 Å². The molecular formula is C31H42N4O3S. The summed E-state index contributed by atoms with van der Waals surface area (Å²) in [5.41, 5.74) is 4.75. The molecule has 0 bridgehead atoms. The first-order chi connectivity index (χ1) is 19.1. The maximum Gasteiger partial charge on any atom is 0.320 e. The lowest BCUT2D eigenvalue weighted by Crippen LogP contribution is -2.35. The van der Waals surface area contributed by atoms with Crippen molar-refractivity contribution >= 4 is 35.5 Å². The van der Waals surface area contributed by atoms with Crippen molar-refractivity contribution < 1.29 is 14.3 Å². The lowest BCUT2D eigenvalue weighted by molar-refractivity contribution is -0.145. The minimum atomic E-state index is -0.153. The lowest BCUT2D eigenvalue weighted by atomic mass is 9.99. The third kappa shape index (κ3) is 9.69. The van der Waals surface area contributed by atoms with Crippen LogP contribution in [0.4, 0.5) is 5.69 Å². The number of benzene rings is 2. The minimum Gasteiger partial charge on any atom is -0.465 e. The molecule has 1 N–H and O–H groups in total. The molecular weight excluding hydrogens is 508 g/mol. The molecule has 1 fully saturated rings. The second-order valence-corrected chi connectivity index (χ2v) is 11.5. The van der Waals surface area contributed by atoms with Gasteiger partial charge in [0.2, 0.25) is 0 Å². The summed E-state index contributed by atoms with van der Waals surface area (Å²) < 4.78 is 5.47.